The summed E-state index contributed by atoms with van der Waals surface area (Å²) in [5.41, 5.74) is 0.642. The monoisotopic (exact) mass is 358 g/mol. The van der Waals surface area contributed by atoms with E-state index in [-0.39, 0.29) is 36.3 Å². The summed E-state index contributed by atoms with van der Waals surface area (Å²) < 4.78 is 16.0. The minimum atomic E-state index is -1.12. The van der Waals surface area contributed by atoms with Crippen LogP contribution in [0.4, 0.5) is 10.3 Å². The highest BCUT2D eigenvalue weighted by molar-refractivity contribution is 5.88. The van der Waals surface area contributed by atoms with Gasteiger partial charge in [-0.05, 0) is 23.8 Å². The molecule has 134 valence electrons. The van der Waals surface area contributed by atoms with Gasteiger partial charge >= 0.3 is 5.97 Å². The van der Waals surface area contributed by atoms with Gasteiger partial charge in [-0.25, -0.2) is 18.9 Å². The van der Waals surface area contributed by atoms with Crippen LogP contribution >= 0.6 is 0 Å². The molecule has 1 amide bonds. The Morgan fingerprint density at radius 2 is 2.04 bits per heavy atom. The van der Waals surface area contributed by atoms with Crippen molar-refractivity contribution in [3.8, 4) is 0 Å². The third kappa shape index (κ3) is 4.50. The van der Waals surface area contributed by atoms with Gasteiger partial charge in [0.15, 0.2) is 5.69 Å². The number of anilines is 1. The van der Waals surface area contributed by atoms with Crippen LogP contribution in [-0.2, 0) is 17.9 Å². The van der Waals surface area contributed by atoms with E-state index in [2.05, 4.69) is 20.5 Å². The Morgan fingerprint density at radius 3 is 2.77 bits per heavy atom. The number of rotatable bonds is 7. The van der Waals surface area contributed by atoms with Crippen LogP contribution in [0.2, 0.25) is 0 Å². The van der Waals surface area contributed by atoms with Crippen molar-refractivity contribution in [2.24, 2.45) is 0 Å². The molecule has 10 heteroatoms. The van der Waals surface area contributed by atoms with E-state index in [1.54, 1.807) is 12.1 Å². The van der Waals surface area contributed by atoms with Gasteiger partial charge in [0.1, 0.15) is 12.1 Å². The lowest BCUT2D eigenvalue weighted by atomic mass is 10.2. The lowest BCUT2D eigenvalue weighted by Gasteiger charge is -2.02. The Balaban J connectivity index is 1.51. The molecule has 26 heavy (non-hydrogen) atoms. The molecule has 0 radical (unpaired) electrons. The number of carbonyl (C=O) groups excluding carboxylic acids is 1. The summed E-state index contributed by atoms with van der Waals surface area (Å²) in [4.78, 5) is 26.7. The number of carboxylic acid groups (broad SMARTS) is 1. The van der Waals surface area contributed by atoms with Gasteiger partial charge in [-0.1, -0.05) is 12.1 Å². The first-order chi connectivity index (χ1) is 12.5. The lowest BCUT2D eigenvalue weighted by molar-refractivity contribution is -0.116. The largest absolute Gasteiger partial charge is 0.476 e. The number of hydrogen-bond donors (Lipinski definition) is 2. The molecular formula is C16H15FN6O3. The normalized spacial score (nSPS) is 10.7. The number of carboxylic acids is 1. The molecule has 3 rings (SSSR count). The third-order valence-corrected chi connectivity index (χ3v) is 3.45. The number of nitrogens with zero attached hydrogens (tertiary/aromatic N) is 5. The van der Waals surface area contributed by atoms with E-state index in [1.807, 2.05) is 0 Å². The average molecular weight is 358 g/mol. The first-order valence-corrected chi connectivity index (χ1v) is 7.70. The standard InChI is InChI=1S/C16H15FN6O3/c17-12-3-1-2-11(8-12)9-23-10-18-16(21-23)19-14(24)5-7-22-6-4-13(20-22)15(25)26/h1-4,6,8,10H,5,7,9H2,(H,25,26)(H,19,21,24). The van der Waals surface area contributed by atoms with E-state index in [9.17, 15) is 14.0 Å². The molecule has 9 nitrogen and oxygen atoms in total. The van der Waals surface area contributed by atoms with Crippen LogP contribution in [0.3, 0.4) is 0 Å². The van der Waals surface area contributed by atoms with Crippen molar-refractivity contribution in [1.29, 1.82) is 0 Å². The molecule has 0 spiro atoms. The second kappa shape index (κ2) is 7.55. The number of hydrogen-bond acceptors (Lipinski definition) is 5. The van der Waals surface area contributed by atoms with E-state index in [4.69, 9.17) is 5.11 Å². The lowest BCUT2D eigenvalue weighted by Crippen LogP contribution is -2.16. The molecule has 0 fully saturated rings. The number of benzene rings is 1. The maximum atomic E-state index is 13.2. The van der Waals surface area contributed by atoms with Gasteiger partial charge in [-0.3, -0.25) is 14.8 Å². The molecule has 0 aliphatic heterocycles. The molecule has 0 atom stereocenters. The number of halogens is 1. The number of carbonyl (C=O) groups is 2. The molecule has 0 saturated heterocycles. The van der Waals surface area contributed by atoms with Crippen molar-refractivity contribution in [2.75, 3.05) is 5.32 Å². The smallest absolute Gasteiger partial charge is 0.356 e. The van der Waals surface area contributed by atoms with Gasteiger partial charge in [0.25, 0.3) is 0 Å². The Labute approximate surface area is 147 Å². The Kier molecular flexibility index (Phi) is 5.02. The number of aromatic nitrogens is 5. The second-order valence-electron chi connectivity index (χ2n) is 5.46. The Morgan fingerprint density at radius 1 is 1.19 bits per heavy atom. The van der Waals surface area contributed by atoms with E-state index < -0.39 is 5.97 Å². The first kappa shape index (κ1) is 17.3. The molecular weight excluding hydrogens is 343 g/mol. The summed E-state index contributed by atoms with van der Waals surface area (Å²) in [6, 6.07) is 7.48. The van der Waals surface area contributed by atoms with Crippen molar-refractivity contribution in [1.82, 2.24) is 24.5 Å². The van der Waals surface area contributed by atoms with Crippen LogP contribution in [-0.4, -0.2) is 41.5 Å². The molecule has 0 bridgehead atoms. The highest BCUT2D eigenvalue weighted by Crippen LogP contribution is 2.07. The Hall–Kier alpha value is -3.56. The van der Waals surface area contributed by atoms with Crippen LogP contribution in [0, 0.1) is 5.82 Å². The maximum Gasteiger partial charge on any atom is 0.356 e. The van der Waals surface area contributed by atoms with E-state index in [0.717, 1.165) is 5.56 Å². The van der Waals surface area contributed by atoms with E-state index >= 15 is 0 Å². The summed E-state index contributed by atoms with van der Waals surface area (Å²) in [7, 11) is 0. The summed E-state index contributed by atoms with van der Waals surface area (Å²) in [6.45, 7) is 0.551. The van der Waals surface area contributed by atoms with Crippen LogP contribution in [0.5, 0.6) is 0 Å². The van der Waals surface area contributed by atoms with Crippen molar-refractivity contribution in [3.05, 3.63) is 59.9 Å². The molecule has 2 aromatic heterocycles. The van der Waals surface area contributed by atoms with Crippen LogP contribution in [0.1, 0.15) is 22.5 Å². The second-order valence-corrected chi connectivity index (χ2v) is 5.46. The van der Waals surface area contributed by atoms with Crippen LogP contribution in [0.15, 0.2) is 42.9 Å². The minimum Gasteiger partial charge on any atom is -0.476 e. The molecule has 2 N–H and O–H groups in total. The molecule has 2 heterocycles. The first-order valence-electron chi connectivity index (χ1n) is 7.70. The maximum absolute atomic E-state index is 13.2. The fourth-order valence-corrected chi connectivity index (χ4v) is 2.25. The SMILES string of the molecule is O=C(CCn1ccc(C(=O)O)n1)Nc1ncn(Cc2cccc(F)c2)n1. The van der Waals surface area contributed by atoms with Gasteiger partial charge < -0.3 is 5.11 Å². The molecule has 0 aliphatic rings. The molecule has 3 aromatic rings. The molecule has 1 aromatic carbocycles. The number of amides is 1. The van der Waals surface area contributed by atoms with Crippen molar-refractivity contribution in [2.45, 2.75) is 19.5 Å². The van der Waals surface area contributed by atoms with Gasteiger partial charge in [0.2, 0.25) is 11.9 Å². The molecule has 0 saturated carbocycles. The fourth-order valence-electron chi connectivity index (χ4n) is 2.25. The topological polar surface area (TPSA) is 115 Å². The summed E-state index contributed by atoms with van der Waals surface area (Å²) in [5, 5.41) is 19.3. The Bertz CT molecular complexity index is 935. The van der Waals surface area contributed by atoms with Gasteiger partial charge in [0.05, 0.1) is 6.54 Å². The predicted octanol–water partition coefficient (Wildman–Crippen LogP) is 1.39. The predicted molar refractivity (Wildman–Crippen MR) is 88.0 cm³/mol. The third-order valence-electron chi connectivity index (χ3n) is 3.45. The zero-order valence-electron chi connectivity index (χ0n) is 13.5. The van der Waals surface area contributed by atoms with Crippen LogP contribution < -0.4 is 5.32 Å². The highest BCUT2D eigenvalue weighted by Gasteiger charge is 2.10. The highest BCUT2D eigenvalue weighted by atomic mass is 19.1. The molecule has 0 aliphatic carbocycles. The number of nitrogens with one attached hydrogen (secondary N) is 1. The number of aromatic carboxylic acids is 1. The van der Waals surface area contributed by atoms with E-state index in [1.165, 1.54) is 40.1 Å². The minimum absolute atomic E-state index is 0.0804. The zero-order chi connectivity index (χ0) is 18.5. The summed E-state index contributed by atoms with van der Waals surface area (Å²) in [6.07, 6.45) is 3.01. The average Bonchev–Trinajstić information content (AvgIpc) is 3.23. The van der Waals surface area contributed by atoms with Crippen LogP contribution in [0.25, 0.3) is 0 Å². The quantitative estimate of drug-likeness (QED) is 0.659. The number of aryl methyl sites for hydroxylation is 1. The fraction of sp³-hybridized carbons (Fsp3) is 0.188. The zero-order valence-corrected chi connectivity index (χ0v) is 13.5. The van der Waals surface area contributed by atoms with E-state index in [0.29, 0.717) is 6.54 Å². The summed E-state index contributed by atoms with van der Waals surface area (Å²) in [5.74, 6) is -1.65. The van der Waals surface area contributed by atoms with Gasteiger partial charge in [-0.15, -0.1) is 5.10 Å². The van der Waals surface area contributed by atoms with Gasteiger partial charge in [-0.2, -0.15) is 5.10 Å². The van der Waals surface area contributed by atoms with Crippen molar-refractivity contribution < 1.29 is 19.1 Å². The van der Waals surface area contributed by atoms with Gasteiger partial charge in [0, 0.05) is 19.2 Å². The van der Waals surface area contributed by atoms with Crippen molar-refractivity contribution in [3.63, 3.8) is 0 Å². The summed E-state index contributed by atoms with van der Waals surface area (Å²) >= 11 is 0. The van der Waals surface area contributed by atoms with Crippen molar-refractivity contribution >= 4 is 17.8 Å². The molecule has 0 unspecified atom stereocenters.